The van der Waals surface area contributed by atoms with Crippen LogP contribution in [0.25, 0.3) is 0 Å². The number of nitrogen functional groups attached to an aromatic ring is 1. The highest BCUT2D eigenvalue weighted by Gasteiger charge is 2.13. The van der Waals surface area contributed by atoms with Crippen LogP contribution >= 0.6 is 23.2 Å². The Morgan fingerprint density at radius 3 is 2.43 bits per heavy atom. The maximum absolute atomic E-state index is 10.8. The number of benzene rings is 1. The number of hydrogen-bond donors (Lipinski definition) is 2. The molecule has 0 amide bonds. The van der Waals surface area contributed by atoms with Crippen LogP contribution in [0.5, 0.6) is 0 Å². The van der Waals surface area contributed by atoms with E-state index in [9.17, 15) is 4.79 Å². The van der Waals surface area contributed by atoms with E-state index < -0.39 is 5.97 Å². The van der Waals surface area contributed by atoms with Crippen LogP contribution in [0, 0.1) is 0 Å². The van der Waals surface area contributed by atoms with E-state index in [-0.39, 0.29) is 17.3 Å². The second-order valence-corrected chi connectivity index (χ2v) is 3.32. The third-order valence-corrected chi connectivity index (χ3v) is 2.44. The zero-order valence-corrected chi connectivity index (χ0v) is 8.77. The van der Waals surface area contributed by atoms with Crippen LogP contribution in [0.3, 0.4) is 0 Å². The molecule has 1 aromatic carbocycles. The summed E-state index contributed by atoms with van der Waals surface area (Å²) in [5.74, 6) is -0.734. The van der Waals surface area contributed by atoms with Crippen molar-refractivity contribution in [1.82, 2.24) is 0 Å². The van der Waals surface area contributed by atoms with Gasteiger partial charge in [-0.25, -0.2) is 4.79 Å². The van der Waals surface area contributed by atoms with Crippen molar-refractivity contribution < 1.29 is 9.90 Å². The molecule has 76 valence electrons. The van der Waals surface area contributed by atoms with Crippen molar-refractivity contribution in [2.45, 2.75) is 11.8 Å². The fourth-order valence-corrected chi connectivity index (χ4v) is 1.63. The number of carbonyl (C=O) groups is 1. The zero-order chi connectivity index (χ0) is 10.7. The Balaban J connectivity index is 3.35. The van der Waals surface area contributed by atoms with Crippen LogP contribution in [0.1, 0.15) is 21.5 Å². The summed E-state index contributed by atoms with van der Waals surface area (Å²) in [5.41, 5.74) is 7.25. The summed E-state index contributed by atoms with van der Waals surface area (Å²) in [6.45, 7) is 0. The SMILES string of the molecule is Nc1cc(CCl)cc(C(=O)O)c1CCl. The predicted molar refractivity (Wildman–Crippen MR) is 56.9 cm³/mol. The maximum Gasteiger partial charge on any atom is 0.336 e. The molecule has 0 bridgehead atoms. The summed E-state index contributed by atoms with van der Waals surface area (Å²) < 4.78 is 0. The molecule has 0 unspecified atom stereocenters. The molecule has 3 N–H and O–H groups in total. The Kier molecular flexibility index (Phi) is 3.61. The van der Waals surface area contributed by atoms with Crippen molar-refractivity contribution in [2.24, 2.45) is 0 Å². The molecule has 0 spiro atoms. The summed E-state index contributed by atoms with van der Waals surface area (Å²) >= 11 is 11.2. The van der Waals surface area contributed by atoms with E-state index in [4.69, 9.17) is 34.0 Å². The molecule has 0 aliphatic rings. The highest BCUT2D eigenvalue weighted by molar-refractivity contribution is 6.18. The van der Waals surface area contributed by atoms with Gasteiger partial charge in [0.15, 0.2) is 0 Å². The van der Waals surface area contributed by atoms with E-state index in [1.54, 1.807) is 6.07 Å². The quantitative estimate of drug-likeness (QED) is 0.623. The number of nitrogens with two attached hydrogens (primary N) is 1. The molecule has 0 heterocycles. The highest BCUT2D eigenvalue weighted by atomic mass is 35.5. The summed E-state index contributed by atoms with van der Waals surface area (Å²) in [7, 11) is 0. The fraction of sp³-hybridized carbons (Fsp3) is 0.222. The molecule has 3 nitrogen and oxygen atoms in total. The van der Waals surface area contributed by atoms with Gasteiger partial charge >= 0.3 is 5.97 Å². The normalized spacial score (nSPS) is 10.1. The number of carboxylic acid groups (broad SMARTS) is 1. The molecule has 0 atom stereocenters. The van der Waals surface area contributed by atoms with E-state index in [2.05, 4.69) is 0 Å². The minimum absolute atomic E-state index is 0.0794. The molecular weight excluding hydrogens is 225 g/mol. The number of rotatable bonds is 3. The van der Waals surface area contributed by atoms with Crippen molar-refractivity contribution >= 4 is 34.9 Å². The Labute approximate surface area is 91.4 Å². The monoisotopic (exact) mass is 233 g/mol. The molecule has 0 fully saturated rings. The van der Waals surface area contributed by atoms with Crippen LogP contribution in [0.15, 0.2) is 12.1 Å². The number of hydrogen-bond acceptors (Lipinski definition) is 2. The van der Waals surface area contributed by atoms with Gasteiger partial charge in [-0.1, -0.05) is 0 Å². The Morgan fingerprint density at radius 1 is 1.36 bits per heavy atom. The van der Waals surface area contributed by atoms with Gasteiger partial charge in [0.05, 0.1) is 11.4 Å². The first-order chi connectivity index (χ1) is 6.60. The molecule has 0 aromatic heterocycles. The second-order valence-electron chi connectivity index (χ2n) is 2.78. The largest absolute Gasteiger partial charge is 0.478 e. The molecule has 0 saturated carbocycles. The highest BCUT2D eigenvalue weighted by Crippen LogP contribution is 2.23. The van der Waals surface area contributed by atoms with Crippen molar-refractivity contribution in [3.05, 3.63) is 28.8 Å². The third kappa shape index (κ3) is 2.11. The molecule has 5 heteroatoms. The van der Waals surface area contributed by atoms with E-state index in [0.717, 1.165) is 0 Å². The Morgan fingerprint density at radius 2 is 2.00 bits per heavy atom. The number of carboxylic acids is 1. The fourth-order valence-electron chi connectivity index (χ4n) is 1.17. The van der Waals surface area contributed by atoms with E-state index in [0.29, 0.717) is 16.8 Å². The lowest BCUT2D eigenvalue weighted by atomic mass is 10.0. The summed E-state index contributed by atoms with van der Waals surface area (Å²) in [4.78, 5) is 10.8. The first-order valence-corrected chi connectivity index (χ1v) is 4.93. The Hall–Kier alpha value is -0.930. The number of alkyl halides is 2. The van der Waals surface area contributed by atoms with E-state index in [1.807, 2.05) is 0 Å². The maximum atomic E-state index is 10.8. The topological polar surface area (TPSA) is 63.3 Å². The lowest BCUT2D eigenvalue weighted by molar-refractivity contribution is 0.0696. The zero-order valence-electron chi connectivity index (χ0n) is 7.26. The van der Waals surface area contributed by atoms with Gasteiger partial charge in [-0.2, -0.15) is 0 Å². The van der Waals surface area contributed by atoms with Crippen LogP contribution in [-0.4, -0.2) is 11.1 Å². The minimum Gasteiger partial charge on any atom is -0.478 e. The molecule has 0 saturated heterocycles. The first-order valence-electron chi connectivity index (χ1n) is 3.86. The number of aromatic carboxylic acids is 1. The van der Waals surface area contributed by atoms with Gasteiger partial charge in [-0.3, -0.25) is 0 Å². The second kappa shape index (κ2) is 4.53. The van der Waals surface area contributed by atoms with Gasteiger partial charge in [0.25, 0.3) is 0 Å². The third-order valence-electron chi connectivity index (χ3n) is 1.86. The molecule has 1 aromatic rings. The average Bonchev–Trinajstić information content (AvgIpc) is 2.16. The van der Waals surface area contributed by atoms with Gasteiger partial charge in [0.2, 0.25) is 0 Å². The summed E-state index contributed by atoms with van der Waals surface area (Å²) in [6, 6.07) is 3.13. The van der Waals surface area contributed by atoms with E-state index in [1.165, 1.54) is 6.07 Å². The van der Waals surface area contributed by atoms with Gasteiger partial charge in [-0.05, 0) is 17.7 Å². The minimum atomic E-state index is -1.04. The van der Waals surface area contributed by atoms with Crippen molar-refractivity contribution in [2.75, 3.05) is 5.73 Å². The predicted octanol–water partition coefficient (Wildman–Crippen LogP) is 2.44. The molecular formula is C9H9Cl2NO2. The lowest BCUT2D eigenvalue weighted by Crippen LogP contribution is -2.06. The van der Waals surface area contributed by atoms with E-state index >= 15 is 0 Å². The number of anilines is 1. The van der Waals surface area contributed by atoms with Gasteiger partial charge < -0.3 is 10.8 Å². The van der Waals surface area contributed by atoms with Gasteiger partial charge in [0, 0.05) is 17.1 Å². The summed E-state index contributed by atoms with van der Waals surface area (Å²) in [6.07, 6.45) is 0. The average molecular weight is 234 g/mol. The molecule has 14 heavy (non-hydrogen) atoms. The number of halogens is 2. The standard InChI is InChI=1S/C9H9Cl2NO2/c10-3-5-1-6(9(13)14)7(4-11)8(12)2-5/h1-2H,3-4,12H2,(H,13,14). The van der Waals surface area contributed by atoms with Crippen LogP contribution in [0.2, 0.25) is 0 Å². The van der Waals surface area contributed by atoms with Gasteiger partial charge in [0.1, 0.15) is 0 Å². The molecule has 0 radical (unpaired) electrons. The first kappa shape index (κ1) is 11.1. The van der Waals surface area contributed by atoms with Crippen LogP contribution in [0.4, 0.5) is 5.69 Å². The lowest BCUT2D eigenvalue weighted by Gasteiger charge is -2.08. The van der Waals surface area contributed by atoms with Gasteiger partial charge in [-0.15, -0.1) is 23.2 Å². The molecule has 1 rings (SSSR count). The van der Waals surface area contributed by atoms with Crippen LogP contribution < -0.4 is 5.73 Å². The van der Waals surface area contributed by atoms with Crippen molar-refractivity contribution in [1.29, 1.82) is 0 Å². The Bertz CT molecular complexity index is 366. The summed E-state index contributed by atoms with van der Waals surface area (Å²) in [5, 5.41) is 8.88. The molecule has 0 aliphatic heterocycles. The van der Waals surface area contributed by atoms with Crippen molar-refractivity contribution in [3.63, 3.8) is 0 Å². The van der Waals surface area contributed by atoms with Crippen LogP contribution in [-0.2, 0) is 11.8 Å². The molecule has 0 aliphatic carbocycles. The smallest absolute Gasteiger partial charge is 0.336 e. The van der Waals surface area contributed by atoms with Crippen molar-refractivity contribution in [3.8, 4) is 0 Å².